The molecule has 2 saturated heterocycles. The minimum Gasteiger partial charge on any atom is -0.350 e. The van der Waals surface area contributed by atoms with E-state index in [4.69, 9.17) is 0 Å². The van der Waals surface area contributed by atoms with Crippen LogP contribution >= 0.6 is 0 Å². The predicted octanol–water partition coefficient (Wildman–Crippen LogP) is 3.65. The Kier molecular flexibility index (Phi) is 12.2. The molecule has 2 heterocycles. The summed E-state index contributed by atoms with van der Waals surface area (Å²) in [6.45, 7) is 6.36. The highest BCUT2D eigenvalue weighted by Gasteiger charge is 2.43. The van der Waals surface area contributed by atoms with Crippen LogP contribution in [0, 0.1) is 5.92 Å². The highest BCUT2D eigenvalue weighted by Crippen LogP contribution is 2.31. The Bertz CT molecular complexity index is 1050. The first-order valence-corrected chi connectivity index (χ1v) is 14.9. The fraction of sp³-hybridized carbons (Fsp3) is 0.613. The Balaban J connectivity index is 1.59. The van der Waals surface area contributed by atoms with E-state index in [0.29, 0.717) is 24.4 Å². The maximum absolute atomic E-state index is 13.6. The lowest BCUT2D eigenvalue weighted by atomic mass is 9.98. The van der Waals surface area contributed by atoms with Crippen molar-refractivity contribution in [1.82, 2.24) is 20.9 Å². The fourth-order valence-electron chi connectivity index (χ4n) is 5.59. The molecular weight excluding hydrogens is 506 g/mol. The summed E-state index contributed by atoms with van der Waals surface area (Å²) < 4.78 is 0. The van der Waals surface area contributed by atoms with Crippen LogP contribution in [0.1, 0.15) is 84.1 Å². The van der Waals surface area contributed by atoms with Gasteiger partial charge in [-0.2, -0.15) is 0 Å². The van der Waals surface area contributed by atoms with Gasteiger partial charge in [0.1, 0.15) is 12.1 Å². The van der Waals surface area contributed by atoms with E-state index in [9.17, 15) is 19.2 Å². The topological polar surface area (TPSA) is 120 Å². The van der Waals surface area contributed by atoms with Gasteiger partial charge in [0.25, 0.3) is 0 Å². The molecule has 0 spiro atoms. The Labute approximate surface area is 238 Å². The summed E-state index contributed by atoms with van der Waals surface area (Å²) >= 11 is 0. The standard InChI is InChI=1S/C31H47N5O4/c1-5-22(6-2)11-10-16-28(37)34-24-13-9-12-23(19-24)20-33-30(39)27-18-17-25-14-7-8-15-26(31(40)36(25)27)35-29(38)21(3)32-4/h9-10,12-13,16,19,21-22,25-27,32H,5-8,11,14-15,17-18,20H2,1-4H3,(H,33,39)(H,34,37)(H,35,38). The number of hydrogen-bond donors (Lipinski definition) is 4. The summed E-state index contributed by atoms with van der Waals surface area (Å²) in [4.78, 5) is 53.5. The number of amides is 4. The minimum atomic E-state index is -0.622. The third-order valence-corrected chi connectivity index (χ3v) is 8.34. The summed E-state index contributed by atoms with van der Waals surface area (Å²) in [7, 11) is 1.71. The molecule has 2 aliphatic rings. The Morgan fingerprint density at radius 1 is 1.07 bits per heavy atom. The van der Waals surface area contributed by atoms with Crippen LogP contribution in [0.3, 0.4) is 0 Å². The summed E-state index contributed by atoms with van der Waals surface area (Å²) in [6, 6.07) is 5.84. The van der Waals surface area contributed by atoms with Gasteiger partial charge in [-0.15, -0.1) is 0 Å². The first-order chi connectivity index (χ1) is 19.3. The molecule has 4 atom stereocenters. The molecular formula is C31H47N5O4. The number of fused-ring (bicyclic) bond motifs is 1. The van der Waals surface area contributed by atoms with Gasteiger partial charge in [0, 0.05) is 18.3 Å². The molecule has 220 valence electrons. The largest absolute Gasteiger partial charge is 0.350 e. The Hall–Kier alpha value is -3.20. The number of rotatable bonds is 12. The van der Waals surface area contributed by atoms with E-state index in [2.05, 4.69) is 35.1 Å². The van der Waals surface area contributed by atoms with Crippen molar-refractivity contribution >= 4 is 29.3 Å². The average molecular weight is 554 g/mol. The first-order valence-electron chi connectivity index (χ1n) is 14.9. The lowest BCUT2D eigenvalue weighted by molar-refractivity contribution is -0.144. The van der Waals surface area contributed by atoms with Crippen molar-refractivity contribution in [2.75, 3.05) is 12.4 Å². The lowest BCUT2D eigenvalue weighted by Crippen LogP contribution is -2.57. The van der Waals surface area contributed by atoms with Crippen LogP contribution in [0.5, 0.6) is 0 Å². The smallest absolute Gasteiger partial charge is 0.248 e. The zero-order chi connectivity index (χ0) is 29.1. The second kappa shape index (κ2) is 15.6. The average Bonchev–Trinajstić information content (AvgIpc) is 3.37. The normalized spacial score (nSPS) is 22.0. The Morgan fingerprint density at radius 2 is 1.82 bits per heavy atom. The van der Waals surface area contributed by atoms with Gasteiger partial charge in [-0.1, -0.05) is 57.7 Å². The maximum atomic E-state index is 13.6. The van der Waals surface area contributed by atoms with Crippen LogP contribution in [0.25, 0.3) is 0 Å². The number of likely N-dealkylation sites (N-methyl/N-ethyl adjacent to an activating group) is 1. The number of nitrogens with one attached hydrogen (secondary N) is 4. The molecule has 3 rings (SSSR count). The number of anilines is 1. The Morgan fingerprint density at radius 3 is 2.55 bits per heavy atom. The molecule has 0 aromatic heterocycles. The number of benzene rings is 1. The van der Waals surface area contributed by atoms with E-state index in [-0.39, 0.29) is 36.2 Å². The molecule has 40 heavy (non-hydrogen) atoms. The maximum Gasteiger partial charge on any atom is 0.248 e. The predicted molar refractivity (Wildman–Crippen MR) is 157 cm³/mol. The van der Waals surface area contributed by atoms with E-state index in [1.165, 1.54) is 0 Å². The quantitative estimate of drug-likeness (QED) is 0.295. The fourth-order valence-corrected chi connectivity index (χ4v) is 5.59. The second-order valence-electron chi connectivity index (χ2n) is 11.1. The van der Waals surface area contributed by atoms with Gasteiger partial charge in [-0.05, 0) is 75.8 Å². The van der Waals surface area contributed by atoms with Crippen molar-refractivity contribution in [3.05, 3.63) is 42.0 Å². The molecule has 9 nitrogen and oxygen atoms in total. The van der Waals surface area contributed by atoms with E-state index < -0.39 is 18.1 Å². The summed E-state index contributed by atoms with van der Waals surface area (Å²) in [6.07, 6.45) is 11.2. The second-order valence-corrected chi connectivity index (χ2v) is 11.1. The summed E-state index contributed by atoms with van der Waals surface area (Å²) in [5.74, 6) is -0.158. The molecule has 4 unspecified atom stereocenters. The molecule has 1 aromatic carbocycles. The lowest BCUT2D eigenvalue weighted by Gasteiger charge is -2.35. The van der Waals surface area contributed by atoms with E-state index >= 15 is 0 Å². The van der Waals surface area contributed by atoms with Crippen LogP contribution in [0.15, 0.2) is 36.4 Å². The number of carbonyl (C=O) groups is 4. The molecule has 2 aliphatic heterocycles. The van der Waals surface area contributed by atoms with Gasteiger partial charge in [-0.25, -0.2) is 0 Å². The van der Waals surface area contributed by atoms with Gasteiger partial charge >= 0.3 is 0 Å². The van der Waals surface area contributed by atoms with Crippen molar-refractivity contribution in [3.8, 4) is 0 Å². The van der Waals surface area contributed by atoms with Gasteiger partial charge in [0.2, 0.25) is 23.6 Å². The van der Waals surface area contributed by atoms with Crippen LogP contribution in [0.2, 0.25) is 0 Å². The first kappa shape index (κ1) is 31.3. The van der Waals surface area contributed by atoms with Gasteiger partial charge in [0.05, 0.1) is 6.04 Å². The van der Waals surface area contributed by atoms with E-state index in [1.807, 2.05) is 30.3 Å². The summed E-state index contributed by atoms with van der Waals surface area (Å²) in [5, 5.41) is 11.7. The molecule has 4 amide bonds. The van der Waals surface area contributed by atoms with Gasteiger partial charge < -0.3 is 26.2 Å². The monoisotopic (exact) mass is 553 g/mol. The van der Waals surface area contributed by atoms with Crippen LogP contribution in [-0.4, -0.2) is 59.7 Å². The molecule has 0 radical (unpaired) electrons. The molecule has 9 heteroatoms. The third-order valence-electron chi connectivity index (χ3n) is 8.34. The van der Waals surface area contributed by atoms with Crippen LogP contribution in [0.4, 0.5) is 5.69 Å². The van der Waals surface area contributed by atoms with E-state index in [0.717, 1.165) is 50.5 Å². The van der Waals surface area contributed by atoms with Crippen molar-refractivity contribution in [2.24, 2.45) is 5.92 Å². The highest BCUT2D eigenvalue weighted by molar-refractivity contribution is 5.99. The van der Waals surface area contributed by atoms with Crippen molar-refractivity contribution in [1.29, 1.82) is 0 Å². The highest BCUT2D eigenvalue weighted by atomic mass is 16.2. The molecule has 0 aliphatic carbocycles. The number of carbonyl (C=O) groups excluding carboxylic acids is 4. The van der Waals surface area contributed by atoms with Gasteiger partial charge in [0.15, 0.2) is 0 Å². The number of hydrogen-bond acceptors (Lipinski definition) is 5. The van der Waals surface area contributed by atoms with Crippen molar-refractivity contribution in [2.45, 2.75) is 109 Å². The van der Waals surface area contributed by atoms with Crippen LogP contribution in [-0.2, 0) is 25.7 Å². The SMILES string of the molecule is CCC(CC)CC=CC(=O)Nc1cccc(CNC(=O)C2CCC3CCCCC(NC(=O)C(C)NC)C(=O)N32)c1. The zero-order valence-electron chi connectivity index (χ0n) is 24.5. The number of nitrogens with zero attached hydrogens (tertiary/aromatic N) is 1. The van der Waals surface area contributed by atoms with Crippen molar-refractivity contribution in [3.63, 3.8) is 0 Å². The third kappa shape index (κ3) is 8.65. The summed E-state index contributed by atoms with van der Waals surface area (Å²) in [5.41, 5.74) is 1.52. The molecule has 0 bridgehead atoms. The number of allylic oxidation sites excluding steroid dienone is 1. The zero-order valence-corrected chi connectivity index (χ0v) is 24.5. The molecule has 1 aromatic rings. The minimum absolute atomic E-state index is 0.0150. The van der Waals surface area contributed by atoms with Crippen molar-refractivity contribution < 1.29 is 19.2 Å². The van der Waals surface area contributed by atoms with E-state index in [1.54, 1.807) is 24.9 Å². The molecule has 0 saturated carbocycles. The van der Waals surface area contributed by atoms with Gasteiger partial charge in [-0.3, -0.25) is 19.2 Å². The van der Waals surface area contributed by atoms with Crippen LogP contribution < -0.4 is 21.3 Å². The molecule has 2 fully saturated rings. The molecule has 4 N–H and O–H groups in total.